The number of imidazole rings is 1. The first-order chi connectivity index (χ1) is 12.8. The molecular formula is C22H41N3O. The summed E-state index contributed by atoms with van der Waals surface area (Å²) in [7, 11) is 0. The van der Waals surface area contributed by atoms with Gasteiger partial charge in [0.2, 0.25) is 0 Å². The minimum atomic E-state index is -0.0570. The molecule has 0 aliphatic carbocycles. The summed E-state index contributed by atoms with van der Waals surface area (Å²) in [6, 6.07) is -0.0570. The maximum atomic E-state index is 12.1. The summed E-state index contributed by atoms with van der Waals surface area (Å²) in [6.07, 6.45) is 23.5. The van der Waals surface area contributed by atoms with Gasteiger partial charge in [-0.25, -0.2) is 9.78 Å². The normalized spacial score (nSPS) is 11.2. The van der Waals surface area contributed by atoms with Gasteiger partial charge in [0.1, 0.15) is 6.33 Å². The van der Waals surface area contributed by atoms with Crippen molar-refractivity contribution >= 4 is 6.03 Å². The minimum Gasteiger partial charge on any atom is -0.337 e. The third-order valence-electron chi connectivity index (χ3n) is 5.21. The highest BCUT2D eigenvalue weighted by molar-refractivity contribution is 5.76. The van der Waals surface area contributed by atoms with Crippen molar-refractivity contribution in [3.05, 3.63) is 18.7 Å². The Kier molecular flexibility index (Phi) is 13.9. The van der Waals surface area contributed by atoms with Gasteiger partial charge < -0.3 is 5.32 Å². The fraction of sp³-hybridized carbons (Fsp3) is 0.818. The van der Waals surface area contributed by atoms with Gasteiger partial charge in [-0.05, 0) is 18.8 Å². The first kappa shape index (κ1) is 22.7. The standard InChI is InChI=1S/C22H41N3O/c1-3-5-7-9-11-13-15-21(16-14-12-10-8-6-4-2)19-24-22(26)25-18-17-23-20-25/h17-18,20-21H,3-16,19H2,1-2H3,(H,24,26). The lowest BCUT2D eigenvalue weighted by Crippen LogP contribution is -2.32. The Bertz CT molecular complexity index is 415. The second kappa shape index (κ2) is 15.9. The van der Waals surface area contributed by atoms with Gasteiger partial charge in [-0.2, -0.15) is 0 Å². The maximum absolute atomic E-state index is 12.1. The number of aromatic nitrogens is 2. The van der Waals surface area contributed by atoms with Crippen LogP contribution in [0.15, 0.2) is 18.7 Å². The molecule has 0 radical (unpaired) electrons. The summed E-state index contributed by atoms with van der Waals surface area (Å²) < 4.78 is 1.52. The molecule has 0 aromatic carbocycles. The van der Waals surface area contributed by atoms with Gasteiger partial charge in [0.25, 0.3) is 0 Å². The number of carbonyl (C=O) groups is 1. The molecule has 0 aliphatic rings. The van der Waals surface area contributed by atoms with Crippen LogP contribution < -0.4 is 5.32 Å². The van der Waals surface area contributed by atoms with E-state index in [1.54, 1.807) is 18.7 Å². The smallest absolute Gasteiger partial charge is 0.326 e. The SMILES string of the molecule is CCCCCCCCC(CCCCCCCC)CNC(=O)n1ccnc1. The molecule has 0 fully saturated rings. The van der Waals surface area contributed by atoms with Crippen LogP contribution in [0.2, 0.25) is 0 Å². The molecule has 1 heterocycles. The van der Waals surface area contributed by atoms with Gasteiger partial charge >= 0.3 is 6.03 Å². The number of rotatable bonds is 16. The fourth-order valence-electron chi connectivity index (χ4n) is 3.48. The number of nitrogens with one attached hydrogen (secondary N) is 1. The van der Waals surface area contributed by atoms with Crippen molar-refractivity contribution < 1.29 is 4.79 Å². The van der Waals surface area contributed by atoms with E-state index in [9.17, 15) is 4.79 Å². The first-order valence-corrected chi connectivity index (χ1v) is 11.0. The van der Waals surface area contributed by atoms with Crippen LogP contribution in [0, 0.1) is 5.92 Å². The topological polar surface area (TPSA) is 46.9 Å². The summed E-state index contributed by atoms with van der Waals surface area (Å²) in [6.45, 7) is 5.32. The van der Waals surface area contributed by atoms with Crippen LogP contribution in [0.4, 0.5) is 4.79 Å². The maximum Gasteiger partial charge on any atom is 0.326 e. The van der Waals surface area contributed by atoms with E-state index in [4.69, 9.17) is 0 Å². The average Bonchev–Trinajstić information content (AvgIpc) is 3.19. The van der Waals surface area contributed by atoms with E-state index >= 15 is 0 Å². The van der Waals surface area contributed by atoms with Gasteiger partial charge in [0.05, 0.1) is 0 Å². The Morgan fingerprint density at radius 1 is 0.885 bits per heavy atom. The predicted octanol–water partition coefficient (Wildman–Crippen LogP) is 6.56. The lowest BCUT2D eigenvalue weighted by atomic mass is 9.94. The number of unbranched alkanes of at least 4 members (excludes halogenated alkanes) is 10. The quantitative estimate of drug-likeness (QED) is 0.338. The minimum absolute atomic E-state index is 0.0570. The molecule has 0 atom stereocenters. The largest absolute Gasteiger partial charge is 0.337 e. The monoisotopic (exact) mass is 363 g/mol. The zero-order valence-electron chi connectivity index (χ0n) is 17.2. The number of amides is 1. The van der Waals surface area contributed by atoms with E-state index in [0.29, 0.717) is 5.92 Å². The van der Waals surface area contributed by atoms with E-state index in [0.717, 1.165) is 6.54 Å². The van der Waals surface area contributed by atoms with Gasteiger partial charge in [0.15, 0.2) is 0 Å². The number of nitrogens with zero attached hydrogens (tertiary/aromatic N) is 2. The second-order valence-electron chi connectivity index (χ2n) is 7.63. The molecule has 26 heavy (non-hydrogen) atoms. The molecule has 0 aliphatic heterocycles. The van der Waals surface area contributed by atoms with E-state index in [1.165, 1.54) is 94.5 Å². The third kappa shape index (κ3) is 11.3. The molecule has 0 spiro atoms. The summed E-state index contributed by atoms with van der Waals surface area (Å²) in [5.74, 6) is 0.611. The summed E-state index contributed by atoms with van der Waals surface area (Å²) in [5.41, 5.74) is 0. The van der Waals surface area contributed by atoms with Crippen LogP contribution in [0.1, 0.15) is 104 Å². The van der Waals surface area contributed by atoms with Crippen LogP contribution in [0.25, 0.3) is 0 Å². The van der Waals surface area contributed by atoms with Gasteiger partial charge in [-0.15, -0.1) is 0 Å². The Hall–Kier alpha value is -1.32. The highest BCUT2D eigenvalue weighted by Crippen LogP contribution is 2.19. The van der Waals surface area contributed by atoms with Crippen molar-refractivity contribution in [2.75, 3.05) is 6.54 Å². The highest BCUT2D eigenvalue weighted by Gasteiger charge is 2.11. The second-order valence-corrected chi connectivity index (χ2v) is 7.63. The first-order valence-electron chi connectivity index (χ1n) is 11.0. The van der Waals surface area contributed by atoms with Crippen molar-refractivity contribution in [1.82, 2.24) is 14.9 Å². The van der Waals surface area contributed by atoms with Crippen LogP contribution >= 0.6 is 0 Å². The van der Waals surface area contributed by atoms with Gasteiger partial charge in [-0.3, -0.25) is 4.57 Å². The Balaban J connectivity index is 2.25. The molecule has 1 aromatic rings. The van der Waals surface area contributed by atoms with E-state index in [1.807, 2.05) is 0 Å². The molecule has 0 bridgehead atoms. The van der Waals surface area contributed by atoms with Crippen molar-refractivity contribution in [3.63, 3.8) is 0 Å². The van der Waals surface area contributed by atoms with Crippen LogP contribution in [0.5, 0.6) is 0 Å². The Morgan fingerprint density at radius 2 is 1.42 bits per heavy atom. The van der Waals surface area contributed by atoms with Crippen molar-refractivity contribution in [3.8, 4) is 0 Å². The van der Waals surface area contributed by atoms with Crippen molar-refractivity contribution in [2.45, 2.75) is 104 Å². The van der Waals surface area contributed by atoms with E-state index in [-0.39, 0.29) is 6.03 Å². The molecule has 1 amide bonds. The lowest BCUT2D eigenvalue weighted by molar-refractivity contribution is 0.239. The molecule has 1 rings (SSSR count). The van der Waals surface area contributed by atoms with E-state index in [2.05, 4.69) is 24.1 Å². The molecule has 4 nitrogen and oxygen atoms in total. The van der Waals surface area contributed by atoms with Gasteiger partial charge in [0, 0.05) is 18.9 Å². The number of hydrogen-bond acceptors (Lipinski definition) is 2. The molecular weight excluding hydrogens is 322 g/mol. The Labute approximate surface area is 161 Å². The van der Waals surface area contributed by atoms with Crippen molar-refractivity contribution in [1.29, 1.82) is 0 Å². The highest BCUT2D eigenvalue weighted by atomic mass is 16.2. The molecule has 0 saturated heterocycles. The fourth-order valence-corrected chi connectivity index (χ4v) is 3.48. The summed E-state index contributed by atoms with van der Waals surface area (Å²) in [5, 5.41) is 3.09. The van der Waals surface area contributed by atoms with Crippen molar-refractivity contribution in [2.24, 2.45) is 5.92 Å². The zero-order valence-corrected chi connectivity index (χ0v) is 17.2. The lowest BCUT2D eigenvalue weighted by Gasteiger charge is -2.18. The number of hydrogen-bond donors (Lipinski definition) is 1. The van der Waals surface area contributed by atoms with Crippen LogP contribution in [0.3, 0.4) is 0 Å². The molecule has 1 N–H and O–H groups in total. The van der Waals surface area contributed by atoms with Crippen LogP contribution in [-0.4, -0.2) is 22.1 Å². The van der Waals surface area contributed by atoms with Crippen LogP contribution in [-0.2, 0) is 0 Å². The summed E-state index contributed by atoms with van der Waals surface area (Å²) in [4.78, 5) is 16.1. The molecule has 0 unspecified atom stereocenters. The van der Waals surface area contributed by atoms with E-state index < -0.39 is 0 Å². The average molecular weight is 364 g/mol. The molecule has 1 aromatic heterocycles. The molecule has 150 valence electrons. The number of carbonyl (C=O) groups excluding carboxylic acids is 1. The third-order valence-corrected chi connectivity index (χ3v) is 5.21. The Morgan fingerprint density at radius 3 is 1.92 bits per heavy atom. The summed E-state index contributed by atoms with van der Waals surface area (Å²) >= 11 is 0. The molecule has 0 saturated carbocycles. The van der Waals surface area contributed by atoms with Gasteiger partial charge in [-0.1, -0.05) is 90.9 Å². The predicted molar refractivity (Wildman–Crippen MR) is 110 cm³/mol. The molecule has 4 heteroatoms. The zero-order chi connectivity index (χ0) is 18.9.